The summed E-state index contributed by atoms with van der Waals surface area (Å²) in [7, 11) is 0. The Morgan fingerprint density at radius 1 is 1.11 bits per heavy atom. The van der Waals surface area contributed by atoms with Gasteiger partial charge in [-0.2, -0.15) is 0 Å². The zero-order valence-corrected chi connectivity index (χ0v) is 18.0. The van der Waals surface area contributed by atoms with Crippen LogP contribution < -0.4 is 0 Å². The number of ether oxygens (including phenoxy) is 1. The van der Waals surface area contributed by atoms with Gasteiger partial charge in [0.2, 0.25) is 0 Å². The van der Waals surface area contributed by atoms with E-state index in [1.54, 1.807) is 6.92 Å². The monoisotopic (exact) mass is 386 g/mol. The Bertz CT molecular complexity index is 765. The highest BCUT2D eigenvalue weighted by molar-refractivity contribution is 5.98. The van der Waals surface area contributed by atoms with E-state index in [-0.39, 0.29) is 34.6 Å². The molecule has 3 saturated carbocycles. The first-order valence-corrected chi connectivity index (χ1v) is 11.0. The third kappa shape index (κ3) is 2.74. The van der Waals surface area contributed by atoms with Gasteiger partial charge in [0.15, 0.2) is 5.78 Å². The standard InChI is InChI=1S/C24H34O4/c1-13-10-19-18-7-6-16-11-17(28-15(3)26)8-9-23(16,4)22(18)20(27)12-24(19,5)21(13)14(2)25/h16-19,22H,6-12H2,1-5H3/t16?,17-,18+,19+,22-,23+,24+/m1/s1. The smallest absolute Gasteiger partial charge is 0.302 e. The van der Waals surface area contributed by atoms with E-state index in [0.717, 1.165) is 44.1 Å². The number of Topliss-reactive ketones (excluding diaryl/α,β-unsaturated/α-hetero) is 2. The Kier molecular flexibility index (Phi) is 4.63. The van der Waals surface area contributed by atoms with E-state index in [1.165, 1.54) is 12.5 Å². The average Bonchev–Trinajstić information content (AvgIpc) is 2.84. The maximum Gasteiger partial charge on any atom is 0.302 e. The van der Waals surface area contributed by atoms with Crippen LogP contribution in [0.5, 0.6) is 0 Å². The lowest BCUT2D eigenvalue weighted by Gasteiger charge is -2.59. The zero-order chi connectivity index (χ0) is 20.4. The van der Waals surface area contributed by atoms with Gasteiger partial charge in [-0.05, 0) is 75.5 Å². The van der Waals surface area contributed by atoms with Crippen LogP contribution in [-0.2, 0) is 19.1 Å². The van der Waals surface area contributed by atoms with Gasteiger partial charge >= 0.3 is 5.97 Å². The normalized spacial score (nSPS) is 45.2. The quantitative estimate of drug-likeness (QED) is 0.648. The molecule has 0 radical (unpaired) electrons. The second-order valence-corrected chi connectivity index (χ2v) is 10.5. The van der Waals surface area contributed by atoms with Crippen molar-refractivity contribution in [2.24, 2.45) is 34.5 Å². The number of allylic oxidation sites excluding steroid dienone is 2. The van der Waals surface area contributed by atoms with Crippen LogP contribution in [-0.4, -0.2) is 23.6 Å². The maximum atomic E-state index is 13.6. The van der Waals surface area contributed by atoms with Crippen LogP contribution in [0.4, 0.5) is 0 Å². The minimum Gasteiger partial charge on any atom is -0.463 e. The number of esters is 1. The van der Waals surface area contributed by atoms with Crippen molar-refractivity contribution in [1.29, 1.82) is 0 Å². The van der Waals surface area contributed by atoms with Gasteiger partial charge in [-0.15, -0.1) is 0 Å². The Morgan fingerprint density at radius 3 is 2.46 bits per heavy atom. The van der Waals surface area contributed by atoms with Gasteiger partial charge in [0.1, 0.15) is 11.9 Å². The molecule has 0 spiro atoms. The molecule has 4 heteroatoms. The van der Waals surface area contributed by atoms with Crippen LogP contribution >= 0.6 is 0 Å². The molecule has 0 saturated heterocycles. The molecule has 4 rings (SSSR count). The fraction of sp³-hybridized carbons (Fsp3) is 0.792. The molecule has 0 heterocycles. The van der Waals surface area contributed by atoms with Crippen molar-refractivity contribution in [3.05, 3.63) is 11.1 Å². The molecule has 1 unspecified atom stereocenters. The van der Waals surface area contributed by atoms with Crippen LogP contribution in [0, 0.1) is 34.5 Å². The summed E-state index contributed by atoms with van der Waals surface area (Å²) in [6, 6.07) is 0. The Morgan fingerprint density at radius 2 is 1.82 bits per heavy atom. The molecule has 4 aliphatic rings. The van der Waals surface area contributed by atoms with E-state index in [2.05, 4.69) is 20.8 Å². The molecule has 4 nitrogen and oxygen atoms in total. The summed E-state index contributed by atoms with van der Waals surface area (Å²) in [6.07, 6.45) is 6.36. The van der Waals surface area contributed by atoms with Gasteiger partial charge in [-0.3, -0.25) is 14.4 Å². The number of hydrogen-bond acceptors (Lipinski definition) is 4. The van der Waals surface area contributed by atoms with Crippen LogP contribution in [0.3, 0.4) is 0 Å². The first-order chi connectivity index (χ1) is 13.1. The second kappa shape index (κ2) is 6.53. The van der Waals surface area contributed by atoms with Crippen LogP contribution in [0.2, 0.25) is 0 Å². The fourth-order valence-corrected chi connectivity index (χ4v) is 8.02. The highest BCUT2D eigenvalue weighted by atomic mass is 16.5. The Balaban J connectivity index is 1.63. The second-order valence-electron chi connectivity index (χ2n) is 10.5. The summed E-state index contributed by atoms with van der Waals surface area (Å²) >= 11 is 0. The van der Waals surface area contributed by atoms with Crippen molar-refractivity contribution in [3.8, 4) is 0 Å². The first kappa shape index (κ1) is 19.8. The molecule has 0 bridgehead atoms. The van der Waals surface area contributed by atoms with E-state index in [0.29, 0.717) is 30.0 Å². The summed E-state index contributed by atoms with van der Waals surface area (Å²) in [4.78, 5) is 37.3. The average molecular weight is 387 g/mol. The highest BCUT2D eigenvalue weighted by Crippen LogP contribution is 2.66. The number of hydrogen-bond donors (Lipinski definition) is 0. The topological polar surface area (TPSA) is 60.4 Å². The van der Waals surface area contributed by atoms with Crippen molar-refractivity contribution in [2.75, 3.05) is 0 Å². The Labute approximate surface area is 168 Å². The molecule has 28 heavy (non-hydrogen) atoms. The van der Waals surface area contributed by atoms with E-state index in [1.807, 2.05) is 0 Å². The number of carbonyl (C=O) groups excluding carboxylic acids is 3. The van der Waals surface area contributed by atoms with Crippen LogP contribution in [0.1, 0.15) is 79.6 Å². The SMILES string of the molecule is CC(=O)O[C@@H]1CC[C@@]2(C)C(CC[C@@H]3[C@@H]2C(=O)C[C@]2(C)C(C(C)=O)=C(C)C[C@@H]32)C1. The third-order valence-electron chi connectivity index (χ3n) is 8.90. The number of ketones is 2. The van der Waals surface area contributed by atoms with Crippen molar-refractivity contribution >= 4 is 17.5 Å². The van der Waals surface area contributed by atoms with Gasteiger partial charge in [0.25, 0.3) is 0 Å². The van der Waals surface area contributed by atoms with Gasteiger partial charge in [-0.1, -0.05) is 19.4 Å². The molecule has 7 atom stereocenters. The highest BCUT2D eigenvalue weighted by Gasteiger charge is 2.63. The largest absolute Gasteiger partial charge is 0.463 e. The molecule has 0 aromatic heterocycles. The van der Waals surface area contributed by atoms with E-state index >= 15 is 0 Å². The predicted octanol–water partition coefficient (Wildman–Crippen LogP) is 4.66. The Hall–Kier alpha value is -1.45. The summed E-state index contributed by atoms with van der Waals surface area (Å²) in [5, 5.41) is 0. The molecular weight excluding hydrogens is 352 g/mol. The molecule has 0 N–H and O–H groups in total. The lowest BCUT2D eigenvalue weighted by Crippen LogP contribution is -2.57. The van der Waals surface area contributed by atoms with Gasteiger partial charge in [-0.25, -0.2) is 0 Å². The summed E-state index contributed by atoms with van der Waals surface area (Å²) in [6.45, 7) is 9.73. The summed E-state index contributed by atoms with van der Waals surface area (Å²) in [5.74, 6) is 1.66. The van der Waals surface area contributed by atoms with Gasteiger partial charge < -0.3 is 4.74 Å². The van der Waals surface area contributed by atoms with Crippen LogP contribution in [0.15, 0.2) is 11.1 Å². The predicted molar refractivity (Wildman–Crippen MR) is 106 cm³/mol. The number of rotatable bonds is 2. The van der Waals surface area contributed by atoms with Crippen molar-refractivity contribution in [3.63, 3.8) is 0 Å². The number of fused-ring (bicyclic) bond motifs is 5. The van der Waals surface area contributed by atoms with Crippen molar-refractivity contribution in [2.45, 2.75) is 85.7 Å². The first-order valence-electron chi connectivity index (χ1n) is 11.0. The third-order valence-corrected chi connectivity index (χ3v) is 8.90. The molecule has 0 aliphatic heterocycles. The van der Waals surface area contributed by atoms with Crippen LogP contribution in [0.25, 0.3) is 0 Å². The molecule has 0 aromatic rings. The molecule has 0 amide bonds. The van der Waals surface area contributed by atoms with Crippen molar-refractivity contribution in [1.82, 2.24) is 0 Å². The molecule has 154 valence electrons. The fourth-order valence-electron chi connectivity index (χ4n) is 8.02. The zero-order valence-electron chi connectivity index (χ0n) is 18.0. The van der Waals surface area contributed by atoms with Gasteiger partial charge in [0.05, 0.1) is 0 Å². The van der Waals surface area contributed by atoms with E-state index < -0.39 is 0 Å². The summed E-state index contributed by atoms with van der Waals surface area (Å²) in [5.41, 5.74) is 1.88. The van der Waals surface area contributed by atoms with E-state index in [9.17, 15) is 14.4 Å². The summed E-state index contributed by atoms with van der Waals surface area (Å²) < 4.78 is 5.52. The molecule has 0 aromatic carbocycles. The maximum absolute atomic E-state index is 13.6. The lowest BCUT2D eigenvalue weighted by atomic mass is 9.44. The molecule has 3 fully saturated rings. The lowest BCUT2D eigenvalue weighted by molar-refractivity contribution is -0.166. The molecular formula is C24H34O4. The molecule has 4 aliphatic carbocycles. The minimum atomic E-state index is -0.272. The van der Waals surface area contributed by atoms with Gasteiger partial charge in [0, 0.05) is 30.3 Å². The number of carbonyl (C=O) groups is 3. The van der Waals surface area contributed by atoms with Crippen molar-refractivity contribution < 1.29 is 19.1 Å². The van der Waals surface area contributed by atoms with E-state index in [4.69, 9.17) is 4.74 Å². The minimum absolute atomic E-state index is 0.00482.